The molecule has 1 aromatic carbocycles. The molecule has 0 amide bonds. The van der Waals surface area contributed by atoms with Crippen molar-refractivity contribution in [3.8, 4) is 5.75 Å². The van der Waals surface area contributed by atoms with Crippen LogP contribution in [0.4, 0.5) is 5.69 Å². The molecule has 0 aliphatic heterocycles. The molecule has 0 aromatic heterocycles. The molecule has 100 valence electrons. The molecule has 1 fully saturated rings. The molecule has 0 bridgehead atoms. The third-order valence-corrected chi connectivity index (χ3v) is 4.10. The molecule has 0 heterocycles. The van der Waals surface area contributed by atoms with Gasteiger partial charge in [0.05, 0.1) is 7.11 Å². The quantitative estimate of drug-likeness (QED) is 0.855. The van der Waals surface area contributed by atoms with E-state index in [0.717, 1.165) is 5.75 Å². The summed E-state index contributed by atoms with van der Waals surface area (Å²) in [7, 11) is 1.72. The lowest BCUT2D eigenvalue weighted by Gasteiger charge is -2.35. The number of anilines is 1. The van der Waals surface area contributed by atoms with Crippen LogP contribution in [-0.2, 0) is 0 Å². The van der Waals surface area contributed by atoms with Gasteiger partial charge in [0.25, 0.3) is 0 Å². The molecule has 2 heteroatoms. The van der Waals surface area contributed by atoms with Gasteiger partial charge in [-0.05, 0) is 61.8 Å². The minimum atomic E-state index is 0.536. The predicted octanol–water partition coefficient (Wildman–Crippen LogP) is 4.38. The third-order valence-electron chi connectivity index (χ3n) is 4.10. The van der Waals surface area contributed by atoms with Gasteiger partial charge in [0.15, 0.2) is 0 Å². The van der Waals surface area contributed by atoms with Crippen LogP contribution in [-0.4, -0.2) is 13.2 Å². The van der Waals surface area contributed by atoms with Crippen molar-refractivity contribution in [3.05, 3.63) is 23.8 Å². The molecule has 1 aliphatic carbocycles. The zero-order chi connectivity index (χ0) is 13.2. The van der Waals surface area contributed by atoms with Gasteiger partial charge in [0, 0.05) is 11.7 Å². The number of ether oxygens (including phenoxy) is 1. The van der Waals surface area contributed by atoms with Crippen molar-refractivity contribution in [2.45, 2.75) is 52.5 Å². The number of hydrogen-bond donors (Lipinski definition) is 1. The topological polar surface area (TPSA) is 21.3 Å². The number of benzene rings is 1. The monoisotopic (exact) mass is 247 g/mol. The molecule has 1 aromatic rings. The summed E-state index contributed by atoms with van der Waals surface area (Å²) >= 11 is 0. The van der Waals surface area contributed by atoms with Gasteiger partial charge in [0.2, 0.25) is 0 Å². The van der Waals surface area contributed by atoms with Crippen molar-refractivity contribution in [3.63, 3.8) is 0 Å². The van der Waals surface area contributed by atoms with E-state index >= 15 is 0 Å². The molecule has 1 aliphatic rings. The van der Waals surface area contributed by atoms with E-state index in [1.54, 1.807) is 7.11 Å². The van der Waals surface area contributed by atoms with Crippen molar-refractivity contribution in [2.75, 3.05) is 12.4 Å². The van der Waals surface area contributed by atoms with Gasteiger partial charge in [0.1, 0.15) is 5.75 Å². The molecular weight excluding hydrogens is 222 g/mol. The average molecular weight is 247 g/mol. The Kier molecular flexibility index (Phi) is 3.84. The van der Waals surface area contributed by atoms with E-state index in [1.165, 1.54) is 36.9 Å². The maximum atomic E-state index is 5.29. The summed E-state index contributed by atoms with van der Waals surface area (Å²) in [5, 5.41) is 3.66. The van der Waals surface area contributed by atoms with E-state index in [4.69, 9.17) is 4.74 Å². The fourth-order valence-corrected chi connectivity index (χ4v) is 2.75. The van der Waals surface area contributed by atoms with Gasteiger partial charge in [-0.15, -0.1) is 0 Å². The van der Waals surface area contributed by atoms with E-state index in [0.29, 0.717) is 11.5 Å². The van der Waals surface area contributed by atoms with Crippen LogP contribution in [0.5, 0.6) is 5.75 Å². The first-order chi connectivity index (χ1) is 8.50. The zero-order valence-electron chi connectivity index (χ0n) is 12.0. The highest BCUT2D eigenvalue weighted by Gasteiger charge is 2.26. The number of aryl methyl sites for hydroxylation is 1. The van der Waals surface area contributed by atoms with Crippen molar-refractivity contribution in [1.29, 1.82) is 0 Å². The minimum Gasteiger partial charge on any atom is -0.496 e. The Morgan fingerprint density at radius 2 is 1.89 bits per heavy atom. The maximum Gasteiger partial charge on any atom is 0.121 e. The molecular formula is C16H25NO. The summed E-state index contributed by atoms with van der Waals surface area (Å²) in [6.45, 7) is 6.84. The maximum absolute atomic E-state index is 5.29. The highest BCUT2D eigenvalue weighted by molar-refractivity contribution is 5.51. The Labute approximate surface area is 111 Å². The summed E-state index contributed by atoms with van der Waals surface area (Å²) in [4.78, 5) is 0. The molecule has 1 saturated carbocycles. The van der Waals surface area contributed by atoms with Crippen LogP contribution < -0.4 is 10.1 Å². The summed E-state index contributed by atoms with van der Waals surface area (Å²) in [5.41, 5.74) is 2.95. The number of hydrogen-bond acceptors (Lipinski definition) is 2. The van der Waals surface area contributed by atoms with Crippen LogP contribution in [0, 0.1) is 12.3 Å². The average Bonchev–Trinajstić information content (AvgIpc) is 2.32. The van der Waals surface area contributed by atoms with Crippen molar-refractivity contribution in [2.24, 2.45) is 5.41 Å². The second kappa shape index (κ2) is 5.21. The van der Waals surface area contributed by atoms with Crippen molar-refractivity contribution >= 4 is 5.69 Å². The molecule has 0 saturated heterocycles. The largest absolute Gasteiger partial charge is 0.496 e. The summed E-state index contributed by atoms with van der Waals surface area (Å²) in [6.07, 6.45) is 5.19. The number of methoxy groups -OCH3 is 1. The van der Waals surface area contributed by atoms with Gasteiger partial charge < -0.3 is 10.1 Å². The molecule has 0 atom stereocenters. The van der Waals surface area contributed by atoms with E-state index in [1.807, 2.05) is 6.07 Å². The van der Waals surface area contributed by atoms with E-state index in [2.05, 4.69) is 38.2 Å². The van der Waals surface area contributed by atoms with Crippen molar-refractivity contribution < 1.29 is 4.74 Å². The van der Waals surface area contributed by atoms with Gasteiger partial charge in [-0.1, -0.05) is 13.8 Å². The van der Waals surface area contributed by atoms with Crippen LogP contribution in [0.2, 0.25) is 0 Å². The second-order valence-electron chi connectivity index (χ2n) is 6.27. The van der Waals surface area contributed by atoms with Crippen LogP contribution in [0.25, 0.3) is 0 Å². The van der Waals surface area contributed by atoms with Crippen LogP contribution in [0.3, 0.4) is 0 Å². The fourth-order valence-electron chi connectivity index (χ4n) is 2.75. The standard InChI is InChI=1S/C16H25NO/c1-12-11-14(5-6-15(12)18-4)17-13-7-9-16(2,3)10-8-13/h5-6,11,13,17H,7-10H2,1-4H3. The van der Waals surface area contributed by atoms with Crippen LogP contribution in [0.15, 0.2) is 18.2 Å². The van der Waals surface area contributed by atoms with Crippen molar-refractivity contribution in [1.82, 2.24) is 0 Å². The first-order valence-corrected chi connectivity index (χ1v) is 6.91. The Bertz CT molecular complexity index is 402. The lowest BCUT2D eigenvalue weighted by atomic mass is 9.75. The predicted molar refractivity (Wildman–Crippen MR) is 77.4 cm³/mol. The highest BCUT2D eigenvalue weighted by atomic mass is 16.5. The molecule has 0 spiro atoms. The zero-order valence-corrected chi connectivity index (χ0v) is 12.0. The summed E-state index contributed by atoms with van der Waals surface area (Å²) < 4.78 is 5.29. The Morgan fingerprint density at radius 1 is 1.22 bits per heavy atom. The summed E-state index contributed by atoms with van der Waals surface area (Å²) in [6, 6.07) is 6.97. The number of nitrogens with one attached hydrogen (secondary N) is 1. The Hall–Kier alpha value is -1.18. The smallest absolute Gasteiger partial charge is 0.121 e. The first kappa shape index (κ1) is 13.3. The van der Waals surface area contributed by atoms with Gasteiger partial charge in [-0.3, -0.25) is 0 Å². The fraction of sp³-hybridized carbons (Fsp3) is 0.625. The molecule has 2 rings (SSSR count). The Balaban J connectivity index is 1.96. The molecule has 18 heavy (non-hydrogen) atoms. The number of rotatable bonds is 3. The van der Waals surface area contributed by atoms with Crippen LogP contribution >= 0.6 is 0 Å². The van der Waals surface area contributed by atoms with E-state index in [9.17, 15) is 0 Å². The van der Waals surface area contributed by atoms with Gasteiger partial charge in [-0.2, -0.15) is 0 Å². The first-order valence-electron chi connectivity index (χ1n) is 6.91. The Morgan fingerprint density at radius 3 is 2.44 bits per heavy atom. The lowest BCUT2D eigenvalue weighted by molar-refractivity contribution is 0.232. The van der Waals surface area contributed by atoms with E-state index < -0.39 is 0 Å². The normalized spacial score (nSPS) is 19.6. The highest BCUT2D eigenvalue weighted by Crippen LogP contribution is 2.36. The van der Waals surface area contributed by atoms with E-state index in [-0.39, 0.29) is 0 Å². The van der Waals surface area contributed by atoms with Crippen LogP contribution in [0.1, 0.15) is 45.1 Å². The summed E-state index contributed by atoms with van der Waals surface area (Å²) in [5.74, 6) is 0.963. The lowest BCUT2D eigenvalue weighted by Crippen LogP contribution is -2.29. The molecule has 2 nitrogen and oxygen atoms in total. The molecule has 1 N–H and O–H groups in total. The minimum absolute atomic E-state index is 0.536. The van der Waals surface area contributed by atoms with Gasteiger partial charge in [-0.25, -0.2) is 0 Å². The van der Waals surface area contributed by atoms with Gasteiger partial charge >= 0.3 is 0 Å². The third kappa shape index (κ3) is 3.18. The SMILES string of the molecule is COc1ccc(NC2CCC(C)(C)CC2)cc1C. The molecule has 0 unspecified atom stereocenters. The molecule has 0 radical (unpaired) electrons. The second-order valence-corrected chi connectivity index (χ2v) is 6.27.